The van der Waals surface area contributed by atoms with Crippen molar-refractivity contribution < 1.29 is 4.79 Å². The second-order valence-corrected chi connectivity index (χ2v) is 6.76. The van der Waals surface area contributed by atoms with E-state index >= 15 is 0 Å². The Kier molecular flexibility index (Phi) is 8.65. The molecule has 2 N–H and O–H groups in total. The first-order valence-corrected chi connectivity index (χ1v) is 8.79. The molecule has 1 atom stereocenters. The van der Waals surface area contributed by atoms with Gasteiger partial charge in [-0.1, -0.05) is 37.3 Å². The fourth-order valence-corrected chi connectivity index (χ4v) is 3.63. The van der Waals surface area contributed by atoms with Crippen molar-refractivity contribution in [2.75, 3.05) is 31.1 Å². The second kappa shape index (κ2) is 9.97. The molecule has 1 aromatic carbocycles. The highest BCUT2D eigenvalue weighted by Gasteiger charge is 2.27. The van der Waals surface area contributed by atoms with Crippen LogP contribution in [0, 0.1) is 0 Å². The summed E-state index contributed by atoms with van der Waals surface area (Å²) < 4.78 is 0. The quantitative estimate of drug-likeness (QED) is 0.853. The van der Waals surface area contributed by atoms with E-state index in [4.69, 9.17) is 5.73 Å². The summed E-state index contributed by atoms with van der Waals surface area (Å²) in [5.41, 5.74) is 6.99. The summed E-state index contributed by atoms with van der Waals surface area (Å²) in [5, 5.41) is 1.06. The minimum atomic E-state index is -0.575. The minimum absolute atomic E-state index is 0. The number of anilines is 1. The Bertz CT molecular complexity index is 660. The molecule has 5 nitrogen and oxygen atoms in total. The lowest BCUT2D eigenvalue weighted by atomic mass is 10.1. The molecule has 1 fully saturated rings. The Morgan fingerprint density at radius 3 is 2.40 bits per heavy atom. The molecule has 1 aromatic heterocycles. The van der Waals surface area contributed by atoms with Crippen LogP contribution in [0.15, 0.2) is 36.5 Å². The van der Waals surface area contributed by atoms with Gasteiger partial charge in [0.2, 0.25) is 5.91 Å². The third-order valence-electron chi connectivity index (χ3n) is 4.18. The molecule has 1 aliphatic rings. The van der Waals surface area contributed by atoms with E-state index in [9.17, 15) is 4.79 Å². The molecule has 138 valence electrons. The van der Waals surface area contributed by atoms with Crippen LogP contribution < -0.4 is 10.6 Å². The number of hydrogen-bond acceptors (Lipinski definition) is 5. The maximum absolute atomic E-state index is 12.6. The number of halogens is 2. The number of amides is 1. The molecule has 0 spiro atoms. The Labute approximate surface area is 165 Å². The first-order chi connectivity index (χ1) is 11.2. The molecular formula is C17H24Cl2N4OS. The monoisotopic (exact) mass is 402 g/mol. The zero-order valence-electron chi connectivity index (χ0n) is 14.1. The van der Waals surface area contributed by atoms with Crippen LogP contribution in [0.2, 0.25) is 0 Å². The molecular weight excluding hydrogens is 379 g/mol. The molecule has 1 saturated heterocycles. The van der Waals surface area contributed by atoms with Gasteiger partial charge < -0.3 is 15.5 Å². The van der Waals surface area contributed by atoms with Crippen molar-refractivity contribution in [1.29, 1.82) is 0 Å². The average molecular weight is 403 g/mol. The van der Waals surface area contributed by atoms with Crippen LogP contribution in [0.4, 0.5) is 5.13 Å². The van der Waals surface area contributed by atoms with E-state index < -0.39 is 6.04 Å². The molecule has 0 aliphatic carbocycles. The molecule has 3 rings (SSSR count). The Balaban J connectivity index is 0.00000156. The van der Waals surface area contributed by atoms with Crippen LogP contribution in [0.1, 0.15) is 23.4 Å². The van der Waals surface area contributed by atoms with E-state index in [2.05, 4.69) is 16.8 Å². The van der Waals surface area contributed by atoms with Crippen LogP contribution in [-0.4, -0.2) is 42.0 Å². The topological polar surface area (TPSA) is 62.5 Å². The number of aryl methyl sites for hydroxylation is 1. The highest BCUT2D eigenvalue weighted by atomic mass is 35.5. The number of piperazine rings is 1. The van der Waals surface area contributed by atoms with Crippen molar-refractivity contribution >= 4 is 47.2 Å². The first-order valence-electron chi connectivity index (χ1n) is 7.98. The number of benzene rings is 1. The van der Waals surface area contributed by atoms with Crippen molar-refractivity contribution in [3.8, 4) is 0 Å². The van der Waals surface area contributed by atoms with E-state index in [1.807, 2.05) is 41.4 Å². The minimum Gasteiger partial charge on any atom is -0.345 e. The molecule has 1 aliphatic heterocycles. The molecule has 2 aromatic rings. The summed E-state index contributed by atoms with van der Waals surface area (Å²) in [7, 11) is 0. The van der Waals surface area contributed by atoms with E-state index in [1.54, 1.807) is 11.3 Å². The van der Waals surface area contributed by atoms with Crippen molar-refractivity contribution in [2.45, 2.75) is 19.4 Å². The third kappa shape index (κ3) is 5.07. The van der Waals surface area contributed by atoms with E-state index in [1.165, 1.54) is 4.88 Å². The van der Waals surface area contributed by atoms with Crippen LogP contribution in [0.5, 0.6) is 0 Å². The largest absolute Gasteiger partial charge is 0.345 e. The summed E-state index contributed by atoms with van der Waals surface area (Å²) in [4.78, 5) is 22.5. The van der Waals surface area contributed by atoms with Crippen molar-refractivity contribution in [3.05, 3.63) is 47.0 Å². The van der Waals surface area contributed by atoms with Crippen molar-refractivity contribution in [3.63, 3.8) is 0 Å². The molecule has 8 heteroatoms. The van der Waals surface area contributed by atoms with Crippen LogP contribution in [-0.2, 0) is 11.2 Å². The molecule has 1 amide bonds. The summed E-state index contributed by atoms with van der Waals surface area (Å²) in [6, 6.07) is 8.98. The number of carbonyl (C=O) groups is 1. The third-order valence-corrected chi connectivity index (χ3v) is 5.38. The molecule has 0 radical (unpaired) electrons. The maximum Gasteiger partial charge on any atom is 0.244 e. The van der Waals surface area contributed by atoms with Crippen molar-refractivity contribution in [2.24, 2.45) is 5.73 Å². The number of nitrogens with two attached hydrogens (primary N) is 1. The van der Waals surface area contributed by atoms with Gasteiger partial charge in [0.15, 0.2) is 5.13 Å². The SMILES string of the molecule is CCc1cnc(N2CCN(C(=O)C(N)c3ccccc3)CC2)s1.Cl.Cl. The summed E-state index contributed by atoms with van der Waals surface area (Å²) >= 11 is 1.74. The number of rotatable bonds is 4. The van der Waals surface area contributed by atoms with E-state index in [0.29, 0.717) is 13.1 Å². The van der Waals surface area contributed by atoms with Gasteiger partial charge in [0, 0.05) is 37.3 Å². The van der Waals surface area contributed by atoms with Gasteiger partial charge in [-0.25, -0.2) is 4.98 Å². The van der Waals surface area contributed by atoms with Crippen LogP contribution in [0.3, 0.4) is 0 Å². The van der Waals surface area contributed by atoms with Gasteiger partial charge in [0.1, 0.15) is 6.04 Å². The Morgan fingerprint density at radius 1 is 1.20 bits per heavy atom. The lowest BCUT2D eigenvalue weighted by Crippen LogP contribution is -2.51. The predicted molar refractivity (Wildman–Crippen MR) is 108 cm³/mol. The standard InChI is InChI=1S/C17H22N4OS.2ClH/c1-2-14-12-19-17(23-14)21-10-8-20(9-11-21)16(22)15(18)13-6-4-3-5-7-13;;/h3-7,12,15H,2,8-11,18H2,1H3;2*1H. The highest BCUT2D eigenvalue weighted by molar-refractivity contribution is 7.15. The molecule has 0 saturated carbocycles. The molecule has 2 heterocycles. The number of thiazole rings is 1. The smallest absolute Gasteiger partial charge is 0.244 e. The van der Waals surface area contributed by atoms with Gasteiger partial charge in [-0.3, -0.25) is 4.79 Å². The molecule has 0 bridgehead atoms. The summed E-state index contributed by atoms with van der Waals surface area (Å²) in [5.74, 6) is 0.00392. The van der Waals surface area contributed by atoms with Gasteiger partial charge in [0.05, 0.1) is 0 Å². The maximum atomic E-state index is 12.6. The predicted octanol–water partition coefficient (Wildman–Crippen LogP) is 2.90. The first kappa shape index (κ1) is 21.7. The highest BCUT2D eigenvalue weighted by Crippen LogP contribution is 2.24. The molecule has 25 heavy (non-hydrogen) atoms. The Hall–Kier alpha value is -1.34. The van der Waals surface area contributed by atoms with Gasteiger partial charge in [-0.15, -0.1) is 36.2 Å². The summed E-state index contributed by atoms with van der Waals surface area (Å²) in [6.07, 6.45) is 2.96. The van der Waals surface area contributed by atoms with Crippen LogP contribution >= 0.6 is 36.2 Å². The number of nitrogens with zero attached hydrogens (tertiary/aromatic N) is 3. The number of carbonyl (C=O) groups excluding carboxylic acids is 1. The number of hydrogen-bond donors (Lipinski definition) is 1. The van der Waals surface area contributed by atoms with Gasteiger partial charge in [0.25, 0.3) is 0 Å². The van der Waals surface area contributed by atoms with Gasteiger partial charge in [-0.2, -0.15) is 0 Å². The zero-order chi connectivity index (χ0) is 16.2. The zero-order valence-corrected chi connectivity index (χ0v) is 16.6. The second-order valence-electron chi connectivity index (χ2n) is 5.66. The fourth-order valence-electron chi connectivity index (χ4n) is 2.72. The van der Waals surface area contributed by atoms with Gasteiger partial charge in [-0.05, 0) is 12.0 Å². The Morgan fingerprint density at radius 2 is 1.84 bits per heavy atom. The normalized spacial score (nSPS) is 15.1. The molecule has 1 unspecified atom stereocenters. The fraction of sp³-hybridized carbons (Fsp3) is 0.412. The van der Waals surface area contributed by atoms with E-state index in [-0.39, 0.29) is 30.7 Å². The lowest BCUT2D eigenvalue weighted by Gasteiger charge is -2.35. The van der Waals surface area contributed by atoms with Gasteiger partial charge >= 0.3 is 0 Å². The average Bonchev–Trinajstić information content (AvgIpc) is 3.10. The number of aromatic nitrogens is 1. The summed E-state index contributed by atoms with van der Waals surface area (Å²) in [6.45, 7) is 5.15. The van der Waals surface area contributed by atoms with Crippen LogP contribution in [0.25, 0.3) is 0 Å². The lowest BCUT2D eigenvalue weighted by molar-refractivity contribution is -0.133. The van der Waals surface area contributed by atoms with Crippen molar-refractivity contribution in [1.82, 2.24) is 9.88 Å². The van der Waals surface area contributed by atoms with E-state index in [0.717, 1.165) is 30.2 Å².